The molecule has 0 bridgehead atoms. The molecule has 0 aliphatic rings. The molecule has 90 valence electrons. The SMILES string of the molecule is NCC#Cc1ccccc1NC(=O)c1ccoc1. The quantitative estimate of drug-likeness (QED) is 0.787. The molecule has 0 aliphatic heterocycles. The lowest BCUT2D eigenvalue weighted by Gasteiger charge is -2.05. The summed E-state index contributed by atoms with van der Waals surface area (Å²) in [5.74, 6) is 5.44. The molecule has 0 saturated heterocycles. The summed E-state index contributed by atoms with van der Waals surface area (Å²) in [5, 5.41) is 2.78. The van der Waals surface area contributed by atoms with Gasteiger partial charge in [0.25, 0.3) is 5.91 Å². The molecule has 2 rings (SSSR count). The van der Waals surface area contributed by atoms with E-state index in [4.69, 9.17) is 10.2 Å². The second-order valence-corrected chi connectivity index (χ2v) is 3.52. The van der Waals surface area contributed by atoms with E-state index in [9.17, 15) is 4.79 Å². The Bertz CT molecular complexity index is 592. The van der Waals surface area contributed by atoms with E-state index in [2.05, 4.69) is 17.2 Å². The van der Waals surface area contributed by atoms with Crippen LogP contribution < -0.4 is 11.1 Å². The first-order valence-electron chi connectivity index (χ1n) is 5.43. The first-order valence-corrected chi connectivity index (χ1v) is 5.43. The van der Waals surface area contributed by atoms with Gasteiger partial charge < -0.3 is 15.5 Å². The molecule has 18 heavy (non-hydrogen) atoms. The number of para-hydroxylation sites is 1. The third-order valence-electron chi connectivity index (χ3n) is 2.28. The molecule has 1 aromatic heterocycles. The molecular formula is C14H12N2O2. The largest absolute Gasteiger partial charge is 0.472 e. The van der Waals surface area contributed by atoms with Gasteiger partial charge in [-0.15, -0.1) is 0 Å². The molecule has 2 aromatic rings. The lowest BCUT2D eigenvalue weighted by Crippen LogP contribution is -2.11. The molecular weight excluding hydrogens is 228 g/mol. The number of rotatable bonds is 2. The molecule has 0 fully saturated rings. The number of carbonyl (C=O) groups excluding carboxylic acids is 1. The van der Waals surface area contributed by atoms with Crippen LogP contribution in [0.15, 0.2) is 47.3 Å². The molecule has 4 heteroatoms. The highest BCUT2D eigenvalue weighted by molar-refractivity contribution is 6.04. The zero-order valence-electron chi connectivity index (χ0n) is 9.64. The van der Waals surface area contributed by atoms with E-state index >= 15 is 0 Å². The summed E-state index contributed by atoms with van der Waals surface area (Å²) < 4.78 is 4.86. The normalized spacial score (nSPS) is 9.39. The Kier molecular flexibility index (Phi) is 3.79. The standard InChI is InChI=1S/C14H12N2O2/c15-8-3-5-11-4-1-2-6-13(11)16-14(17)12-7-9-18-10-12/h1-2,4,6-7,9-10H,8,15H2,(H,16,17). The first kappa shape index (κ1) is 12.0. The van der Waals surface area contributed by atoms with Crippen molar-refractivity contribution < 1.29 is 9.21 Å². The van der Waals surface area contributed by atoms with Gasteiger partial charge in [-0.1, -0.05) is 24.0 Å². The number of furan rings is 1. The zero-order valence-corrected chi connectivity index (χ0v) is 9.64. The van der Waals surface area contributed by atoms with Gasteiger partial charge in [0.2, 0.25) is 0 Å². The molecule has 0 atom stereocenters. The Morgan fingerprint density at radius 3 is 2.89 bits per heavy atom. The number of nitrogens with one attached hydrogen (secondary N) is 1. The van der Waals surface area contributed by atoms with E-state index in [1.807, 2.05) is 18.2 Å². The lowest BCUT2D eigenvalue weighted by atomic mass is 10.1. The summed E-state index contributed by atoms with van der Waals surface area (Å²) in [7, 11) is 0. The van der Waals surface area contributed by atoms with E-state index in [0.717, 1.165) is 5.56 Å². The van der Waals surface area contributed by atoms with Crippen molar-refractivity contribution >= 4 is 11.6 Å². The molecule has 0 spiro atoms. The van der Waals surface area contributed by atoms with Gasteiger partial charge in [0.05, 0.1) is 24.1 Å². The summed E-state index contributed by atoms with van der Waals surface area (Å²) >= 11 is 0. The van der Waals surface area contributed by atoms with Crippen LogP contribution in [0.1, 0.15) is 15.9 Å². The number of carbonyl (C=O) groups is 1. The van der Waals surface area contributed by atoms with Crippen LogP contribution in [0.2, 0.25) is 0 Å². The summed E-state index contributed by atoms with van der Waals surface area (Å²) in [5.41, 5.74) is 7.19. The average molecular weight is 240 g/mol. The minimum absolute atomic E-state index is 0.231. The molecule has 0 radical (unpaired) electrons. The maximum atomic E-state index is 11.9. The highest BCUT2D eigenvalue weighted by Gasteiger charge is 2.08. The van der Waals surface area contributed by atoms with Gasteiger partial charge in [-0.05, 0) is 18.2 Å². The van der Waals surface area contributed by atoms with Crippen molar-refractivity contribution in [2.75, 3.05) is 11.9 Å². The Labute approximate surface area is 105 Å². The van der Waals surface area contributed by atoms with Crippen molar-refractivity contribution in [3.8, 4) is 11.8 Å². The van der Waals surface area contributed by atoms with Gasteiger partial charge in [-0.3, -0.25) is 4.79 Å². The number of anilines is 1. The number of nitrogens with two attached hydrogens (primary N) is 1. The molecule has 1 aromatic carbocycles. The molecule has 0 saturated carbocycles. The highest BCUT2D eigenvalue weighted by atomic mass is 16.3. The maximum absolute atomic E-state index is 11.9. The lowest BCUT2D eigenvalue weighted by molar-refractivity contribution is 0.102. The van der Waals surface area contributed by atoms with Gasteiger partial charge in [-0.25, -0.2) is 0 Å². The first-order chi connectivity index (χ1) is 8.81. The monoisotopic (exact) mass is 240 g/mol. The fraction of sp³-hybridized carbons (Fsp3) is 0.0714. The predicted molar refractivity (Wildman–Crippen MR) is 69.0 cm³/mol. The third kappa shape index (κ3) is 2.78. The summed E-state index contributed by atoms with van der Waals surface area (Å²) in [6.07, 6.45) is 2.85. The Balaban J connectivity index is 2.21. The van der Waals surface area contributed by atoms with Crippen LogP contribution in [0.25, 0.3) is 0 Å². The van der Waals surface area contributed by atoms with E-state index in [1.54, 1.807) is 12.1 Å². The van der Waals surface area contributed by atoms with E-state index in [0.29, 0.717) is 11.3 Å². The predicted octanol–water partition coefficient (Wildman–Crippen LogP) is 1.84. The summed E-state index contributed by atoms with van der Waals surface area (Å²) in [6.45, 7) is 0.282. The number of amides is 1. The van der Waals surface area contributed by atoms with Gasteiger partial charge in [0.15, 0.2) is 0 Å². The Hall–Kier alpha value is -2.51. The minimum atomic E-state index is -0.231. The van der Waals surface area contributed by atoms with Gasteiger partial charge >= 0.3 is 0 Å². The van der Waals surface area contributed by atoms with Crippen LogP contribution in [-0.4, -0.2) is 12.5 Å². The van der Waals surface area contributed by atoms with E-state index < -0.39 is 0 Å². The smallest absolute Gasteiger partial charge is 0.258 e. The highest BCUT2D eigenvalue weighted by Crippen LogP contribution is 2.15. The second kappa shape index (κ2) is 5.71. The van der Waals surface area contributed by atoms with Crippen LogP contribution in [-0.2, 0) is 0 Å². The van der Waals surface area contributed by atoms with Crippen LogP contribution in [0.3, 0.4) is 0 Å². The van der Waals surface area contributed by atoms with E-state index in [-0.39, 0.29) is 12.5 Å². The Morgan fingerprint density at radius 2 is 2.17 bits per heavy atom. The van der Waals surface area contributed by atoms with Crippen LogP contribution >= 0.6 is 0 Å². The van der Waals surface area contributed by atoms with Crippen molar-refractivity contribution in [1.82, 2.24) is 0 Å². The molecule has 4 nitrogen and oxygen atoms in total. The zero-order chi connectivity index (χ0) is 12.8. The van der Waals surface area contributed by atoms with Crippen molar-refractivity contribution in [3.05, 3.63) is 54.0 Å². The maximum Gasteiger partial charge on any atom is 0.258 e. The molecule has 1 amide bonds. The average Bonchev–Trinajstić information content (AvgIpc) is 2.91. The van der Waals surface area contributed by atoms with E-state index in [1.165, 1.54) is 12.5 Å². The van der Waals surface area contributed by atoms with Crippen molar-refractivity contribution in [3.63, 3.8) is 0 Å². The van der Waals surface area contributed by atoms with Crippen LogP contribution in [0.4, 0.5) is 5.69 Å². The van der Waals surface area contributed by atoms with Crippen molar-refractivity contribution in [2.24, 2.45) is 5.73 Å². The number of hydrogen-bond donors (Lipinski definition) is 2. The van der Waals surface area contributed by atoms with Crippen LogP contribution in [0, 0.1) is 11.8 Å². The van der Waals surface area contributed by atoms with Gasteiger partial charge in [0.1, 0.15) is 6.26 Å². The fourth-order valence-electron chi connectivity index (χ4n) is 1.44. The summed E-state index contributed by atoms with van der Waals surface area (Å²) in [6, 6.07) is 8.91. The van der Waals surface area contributed by atoms with Crippen molar-refractivity contribution in [1.29, 1.82) is 0 Å². The molecule has 0 aliphatic carbocycles. The Morgan fingerprint density at radius 1 is 1.33 bits per heavy atom. The summed E-state index contributed by atoms with van der Waals surface area (Å²) in [4.78, 5) is 11.9. The molecule has 1 heterocycles. The second-order valence-electron chi connectivity index (χ2n) is 3.52. The minimum Gasteiger partial charge on any atom is -0.472 e. The van der Waals surface area contributed by atoms with Crippen LogP contribution in [0.5, 0.6) is 0 Å². The molecule has 3 N–H and O–H groups in total. The van der Waals surface area contributed by atoms with Gasteiger partial charge in [-0.2, -0.15) is 0 Å². The van der Waals surface area contributed by atoms with Gasteiger partial charge in [0, 0.05) is 5.56 Å². The van der Waals surface area contributed by atoms with Crippen molar-refractivity contribution in [2.45, 2.75) is 0 Å². The topological polar surface area (TPSA) is 68.3 Å². The molecule has 0 unspecified atom stereocenters. The number of benzene rings is 1. The fourth-order valence-corrected chi connectivity index (χ4v) is 1.44. The third-order valence-corrected chi connectivity index (χ3v) is 2.28. The number of hydrogen-bond acceptors (Lipinski definition) is 3.